The van der Waals surface area contributed by atoms with Crippen LogP contribution in [0.1, 0.15) is 18.4 Å². The molecule has 2 N–H and O–H groups in total. The van der Waals surface area contributed by atoms with Crippen molar-refractivity contribution in [3.8, 4) is 0 Å². The number of halogens is 3. The lowest BCUT2D eigenvalue weighted by molar-refractivity contribution is -0.138. The SMILES string of the molecule is FC(F)(F)c1cnc(N[C@@H]2C[C@H]3CN[C@H]2C3)nc1. The maximum absolute atomic E-state index is 12.3. The minimum Gasteiger partial charge on any atom is -0.350 e. The van der Waals surface area contributed by atoms with Gasteiger partial charge in [0.05, 0.1) is 5.56 Å². The summed E-state index contributed by atoms with van der Waals surface area (Å²) >= 11 is 0. The fourth-order valence-electron chi connectivity index (χ4n) is 2.73. The summed E-state index contributed by atoms with van der Waals surface area (Å²) in [7, 11) is 0. The van der Waals surface area contributed by atoms with Gasteiger partial charge in [-0.3, -0.25) is 0 Å². The van der Waals surface area contributed by atoms with Crippen molar-refractivity contribution >= 4 is 5.95 Å². The first kappa shape index (κ1) is 11.7. The highest BCUT2D eigenvalue weighted by Gasteiger charge is 2.39. The van der Waals surface area contributed by atoms with Gasteiger partial charge in [0.1, 0.15) is 0 Å². The molecule has 2 heterocycles. The maximum Gasteiger partial charge on any atom is 0.419 e. The third-order valence-electron chi connectivity index (χ3n) is 3.62. The summed E-state index contributed by atoms with van der Waals surface area (Å²) in [5.74, 6) is 0.935. The van der Waals surface area contributed by atoms with Gasteiger partial charge in [-0.1, -0.05) is 0 Å². The molecule has 2 fully saturated rings. The van der Waals surface area contributed by atoms with Crippen LogP contribution in [0.15, 0.2) is 12.4 Å². The number of piperidine rings is 1. The van der Waals surface area contributed by atoms with Gasteiger partial charge in [0.2, 0.25) is 5.95 Å². The van der Waals surface area contributed by atoms with Crippen molar-refractivity contribution in [3.05, 3.63) is 18.0 Å². The summed E-state index contributed by atoms with van der Waals surface area (Å²) in [6.07, 6.45) is -0.598. The molecule has 0 unspecified atom stereocenters. The highest BCUT2D eigenvalue weighted by Crippen LogP contribution is 2.33. The molecule has 0 aromatic carbocycles. The Labute approximate surface area is 102 Å². The second-order valence-electron chi connectivity index (χ2n) is 4.90. The van der Waals surface area contributed by atoms with Crippen LogP contribution in [-0.2, 0) is 6.18 Å². The third-order valence-corrected chi connectivity index (χ3v) is 3.62. The minimum atomic E-state index is -4.38. The predicted octanol–water partition coefficient (Wildman–Crippen LogP) is 1.66. The van der Waals surface area contributed by atoms with Crippen LogP contribution in [0.4, 0.5) is 19.1 Å². The smallest absolute Gasteiger partial charge is 0.350 e. The molecule has 1 saturated carbocycles. The van der Waals surface area contributed by atoms with Crippen molar-refractivity contribution in [2.45, 2.75) is 31.1 Å². The average Bonchev–Trinajstić information content (AvgIpc) is 2.90. The Morgan fingerprint density at radius 1 is 1.22 bits per heavy atom. The van der Waals surface area contributed by atoms with E-state index in [-0.39, 0.29) is 12.0 Å². The molecule has 98 valence electrons. The van der Waals surface area contributed by atoms with Gasteiger partial charge in [-0.25, -0.2) is 9.97 Å². The Hall–Kier alpha value is -1.37. The normalized spacial score (nSPS) is 30.7. The zero-order valence-electron chi connectivity index (χ0n) is 9.54. The quantitative estimate of drug-likeness (QED) is 0.847. The summed E-state index contributed by atoms with van der Waals surface area (Å²) in [5.41, 5.74) is -0.820. The molecular weight excluding hydrogens is 245 g/mol. The van der Waals surface area contributed by atoms with Crippen LogP contribution < -0.4 is 10.6 Å². The van der Waals surface area contributed by atoms with E-state index in [1.165, 1.54) is 0 Å². The molecule has 3 rings (SSSR count). The van der Waals surface area contributed by atoms with E-state index in [1.807, 2.05) is 0 Å². The molecule has 1 aliphatic carbocycles. The zero-order valence-corrected chi connectivity index (χ0v) is 9.54. The molecule has 0 amide bonds. The van der Waals surface area contributed by atoms with Crippen LogP contribution in [0.5, 0.6) is 0 Å². The number of rotatable bonds is 2. The van der Waals surface area contributed by atoms with Crippen molar-refractivity contribution in [1.82, 2.24) is 15.3 Å². The second-order valence-corrected chi connectivity index (χ2v) is 4.90. The van der Waals surface area contributed by atoms with Crippen molar-refractivity contribution in [2.24, 2.45) is 5.92 Å². The summed E-state index contributed by atoms with van der Waals surface area (Å²) in [5, 5.41) is 6.46. The molecule has 3 atom stereocenters. The lowest BCUT2D eigenvalue weighted by Gasteiger charge is -2.23. The molecule has 1 aromatic heterocycles. The van der Waals surface area contributed by atoms with E-state index in [1.54, 1.807) is 0 Å². The Kier molecular flexibility index (Phi) is 2.65. The molecule has 2 bridgehead atoms. The van der Waals surface area contributed by atoms with Gasteiger partial charge in [-0.05, 0) is 25.3 Å². The number of hydrogen-bond donors (Lipinski definition) is 2. The van der Waals surface area contributed by atoms with E-state index in [0.717, 1.165) is 31.8 Å². The van der Waals surface area contributed by atoms with Crippen molar-refractivity contribution in [1.29, 1.82) is 0 Å². The van der Waals surface area contributed by atoms with Crippen LogP contribution in [-0.4, -0.2) is 28.6 Å². The second kappa shape index (κ2) is 4.08. The summed E-state index contributed by atoms with van der Waals surface area (Å²) in [4.78, 5) is 7.44. The Bertz CT molecular complexity index is 431. The molecular formula is C11H13F3N4. The molecule has 0 spiro atoms. The minimum absolute atomic E-state index is 0.223. The molecule has 1 aromatic rings. The highest BCUT2D eigenvalue weighted by atomic mass is 19.4. The van der Waals surface area contributed by atoms with Gasteiger partial charge >= 0.3 is 6.18 Å². The fourth-order valence-corrected chi connectivity index (χ4v) is 2.73. The number of alkyl halides is 3. The van der Waals surface area contributed by atoms with E-state index in [2.05, 4.69) is 20.6 Å². The monoisotopic (exact) mass is 258 g/mol. The predicted molar refractivity (Wildman–Crippen MR) is 59.0 cm³/mol. The van der Waals surface area contributed by atoms with Crippen LogP contribution in [0.25, 0.3) is 0 Å². The van der Waals surface area contributed by atoms with Gasteiger partial charge in [0.15, 0.2) is 0 Å². The maximum atomic E-state index is 12.3. The zero-order chi connectivity index (χ0) is 12.8. The Morgan fingerprint density at radius 2 is 1.94 bits per heavy atom. The highest BCUT2D eigenvalue weighted by molar-refractivity contribution is 5.29. The van der Waals surface area contributed by atoms with Gasteiger partial charge in [0.25, 0.3) is 0 Å². The first-order valence-corrected chi connectivity index (χ1v) is 5.91. The van der Waals surface area contributed by atoms with E-state index in [4.69, 9.17) is 0 Å². The number of fused-ring (bicyclic) bond motifs is 2. The third kappa shape index (κ3) is 2.14. The standard InChI is InChI=1S/C11H13F3N4/c12-11(13,14)7-4-16-10(17-5-7)18-9-2-6-1-8(9)15-3-6/h4-6,8-9,15H,1-3H2,(H,16,17,18)/t6-,8-,9+/m0/s1. The Balaban J connectivity index is 1.67. The van der Waals surface area contributed by atoms with Gasteiger partial charge in [0, 0.05) is 24.5 Å². The molecule has 0 radical (unpaired) electrons. The molecule has 18 heavy (non-hydrogen) atoms. The first-order chi connectivity index (χ1) is 8.52. The van der Waals surface area contributed by atoms with Gasteiger partial charge in [-0.2, -0.15) is 13.2 Å². The largest absolute Gasteiger partial charge is 0.419 e. The van der Waals surface area contributed by atoms with Gasteiger partial charge in [-0.15, -0.1) is 0 Å². The first-order valence-electron chi connectivity index (χ1n) is 5.91. The van der Waals surface area contributed by atoms with Crippen LogP contribution in [0, 0.1) is 5.92 Å². The topological polar surface area (TPSA) is 49.8 Å². The number of nitrogens with zero attached hydrogens (tertiary/aromatic N) is 2. The summed E-state index contributed by atoms with van der Waals surface area (Å²) in [6, 6.07) is 0.612. The lowest BCUT2D eigenvalue weighted by Crippen LogP contribution is -2.41. The van der Waals surface area contributed by atoms with Crippen molar-refractivity contribution in [2.75, 3.05) is 11.9 Å². The fraction of sp³-hybridized carbons (Fsp3) is 0.636. The number of anilines is 1. The van der Waals surface area contributed by atoms with Crippen molar-refractivity contribution < 1.29 is 13.2 Å². The van der Waals surface area contributed by atoms with Crippen LogP contribution >= 0.6 is 0 Å². The average molecular weight is 258 g/mol. The molecule has 1 aliphatic heterocycles. The number of hydrogen-bond acceptors (Lipinski definition) is 4. The van der Waals surface area contributed by atoms with E-state index in [0.29, 0.717) is 12.0 Å². The van der Waals surface area contributed by atoms with E-state index < -0.39 is 11.7 Å². The van der Waals surface area contributed by atoms with Crippen LogP contribution in [0.3, 0.4) is 0 Å². The molecule has 1 saturated heterocycles. The number of nitrogens with one attached hydrogen (secondary N) is 2. The molecule has 7 heteroatoms. The van der Waals surface area contributed by atoms with E-state index in [9.17, 15) is 13.2 Å². The Morgan fingerprint density at radius 3 is 2.44 bits per heavy atom. The lowest BCUT2D eigenvalue weighted by atomic mass is 10.1. The molecule has 2 aliphatic rings. The summed E-state index contributed by atoms with van der Waals surface area (Å²) in [6.45, 7) is 1.04. The number of aromatic nitrogens is 2. The van der Waals surface area contributed by atoms with Gasteiger partial charge < -0.3 is 10.6 Å². The summed E-state index contributed by atoms with van der Waals surface area (Å²) < 4.78 is 37.0. The van der Waals surface area contributed by atoms with E-state index >= 15 is 0 Å². The van der Waals surface area contributed by atoms with Crippen LogP contribution in [0.2, 0.25) is 0 Å². The van der Waals surface area contributed by atoms with Crippen molar-refractivity contribution in [3.63, 3.8) is 0 Å². The molecule has 4 nitrogen and oxygen atoms in total.